The van der Waals surface area contributed by atoms with Crippen molar-refractivity contribution in [1.29, 1.82) is 0 Å². The lowest BCUT2D eigenvalue weighted by molar-refractivity contribution is -0.143. The van der Waals surface area contributed by atoms with Crippen molar-refractivity contribution in [2.75, 3.05) is 6.54 Å². The zero-order valence-electron chi connectivity index (χ0n) is 10.8. The molecule has 0 fully saturated rings. The Kier molecular flexibility index (Phi) is 7.18. The highest BCUT2D eigenvalue weighted by molar-refractivity contribution is 5.90. The van der Waals surface area contributed by atoms with Gasteiger partial charge in [-0.15, -0.1) is 0 Å². The maximum Gasteiger partial charge on any atom is 0.327 e. The van der Waals surface area contributed by atoms with Crippen molar-refractivity contribution in [1.82, 2.24) is 10.6 Å². The second kappa shape index (κ2) is 8.07. The van der Waals surface area contributed by atoms with Crippen LogP contribution in [0, 0.1) is 0 Å². The molecule has 10 heteroatoms. The van der Waals surface area contributed by atoms with E-state index in [-0.39, 0.29) is 0 Å². The largest absolute Gasteiger partial charge is 0.480 e. The lowest BCUT2D eigenvalue weighted by Crippen LogP contribution is -2.57. The van der Waals surface area contributed by atoms with E-state index in [1.807, 2.05) is 0 Å². The number of nitrogens with two attached hydrogens (primary N) is 2. The third-order valence-electron chi connectivity index (χ3n) is 2.40. The first-order chi connectivity index (χ1) is 9.15. The van der Waals surface area contributed by atoms with Gasteiger partial charge in [0.1, 0.15) is 6.04 Å². The molecular formula is C10H18N4O6. The number of primary amides is 1. The summed E-state index contributed by atoms with van der Waals surface area (Å²) in [5.41, 5.74) is 10.2. The summed E-state index contributed by atoms with van der Waals surface area (Å²) in [6.07, 6.45) is -0.422. The molecule has 3 atom stereocenters. The molecule has 0 saturated heterocycles. The van der Waals surface area contributed by atoms with Crippen molar-refractivity contribution in [2.24, 2.45) is 11.5 Å². The fraction of sp³-hybridized carbons (Fsp3) is 0.600. The minimum absolute atomic E-state index is 0.422. The molecule has 0 spiro atoms. The molecule has 0 saturated carbocycles. The van der Waals surface area contributed by atoms with E-state index in [9.17, 15) is 19.2 Å². The van der Waals surface area contributed by atoms with Gasteiger partial charge in [-0.2, -0.15) is 0 Å². The molecular weight excluding hydrogens is 272 g/mol. The van der Waals surface area contributed by atoms with Gasteiger partial charge >= 0.3 is 11.9 Å². The SMILES string of the molecule is C[C@@H](NCC(=O)O)[C@H](NC(=O)[C@@H](N)CC(N)=O)C(=O)O. The molecule has 0 aromatic rings. The average molecular weight is 290 g/mol. The first kappa shape index (κ1) is 17.8. The zero-order valence-corrected chi connectivity index (χ0v) is 10.8. The van der Waals surface area contributed by atoms with Crippen LogP contribution in [0.4, 0.5) is 0 Å². The van der Waals surface area contributed by atoms with Crippen LogP contribution in [0.5, 0.6) is 0 Å². The van der Waals surface area contributed by atoms with Crippen LogP contribution in [-0.4, -0.2) is 58.6 Å². The summed E-state index contributed by atoms with van der Waals surface area (Å²) in [5.74, 6) is -4.19. The fourth-order valence-electron chi connectivity index (χ4n) is 1.34. The molecule has 0 rings (SSSR count). The summed E-state index contributed by atoms with van der Waals surface area (Å²) in [4.78, 5) is 43.6. The lowest BCUT2D eigenvalue weighted by Gasteiger charge is -2.23. The number of rotatable bonds is 9. The Morgan fingerprint density at radius 2 is 1.75 bits per heavy atom. The third-order valence-corrected chi connectivity index (χ3v) is 2.40. The van der Waals surface area contributed by atoms with Gasteiger partial charge in [0.25, 0.3) is 0 Å². The maximum atomic E-state index is 11.6. The van der Waals surface area contributed by atoms with Crippen molar-refractivity contribution in [3.8, 4) is 0 Å². The van der Waals surface area contributed by atoms with E-state index in [2.05, 4.69) is 10.6 Å². The van der Waals surface area contributed by atoms with Gasteiger partial charge in [0.05, 0.1) is 19.0 Å². The average Bonchev–Trinajstić information content (AvgIpc) is 2.31. The quantitative estimate of drug-likeness (QED) is 0.256. The first-order valence-electron chi connectivity index (χ1n) is 5.67. The summed E-state index contributed by atoms with van der Waals surface area (Å²) in [5, 5.41) is 22.0. The normalized spacial score (nSPS) is 14.9. The summed E-state index contributed by atoms with van der Waals surface area (Å²) < 4.78 is 0. The highest BCUT2D eigenvalue weighted by Gasteiger charge is 2.28. The van der Waals surface area contributed by atoms with Gasteiger partial charge in [-0.25, -0.2) is 4.79 Å². The van der Waals surface area contributed by atoms with E-state index >= 15 is 0 Å². The molecule has 20 heavy (non-hydrogen) atoms. The maximum absolute atomic E-state index is 11.6. The van der Waals surface area contributed by atoms with Gasteiger partial charge < -0.3 is 32.3 Å². The van der Waals surface area contributed by atoms with Gasteiger partial charge in [-0.1, -0.05) is 0 Å². The van der Waals surface area contributed by atoms with E-state index in [4.69, 9.17) is 21.7 Å². The molecule has 0 unspecified atom stereocenters. The van der Waals surface area contributed by atoms with Gasteiger partial charge in [-0.3, -0.25) is 14.4 Å². The molecule has 0 bridgehead atoms. The van der Waals surface area contributed by atoms with E-state index < -0.39 is 54.8 Å². The Morgan fingerprint density at radius 1 is 1.20 bits per heavy atom. The number of nitrogens with one attached hydrogen (secondary N) is 2. The van der Waals surface area contributed by atoms with Gasteiger partial charge in [0, 0.05) is 6.04 Å². The molecule has 0 aliphatic carbocycles. The van der Waals surface area contributed by atoms with E-state index in [1.165, 1.54) is 6.92 Å². The molecule has 0 aliphatic heterocycles. The van der Waals surface area contributed by atoms with Crippen molar-refractivity contribution in [3.63, 3.8) is 0 Å². The minimum atomic E-state index is -1.39. The molecule has 8 N–H and O–H groups in total. The van der Waals surface area contributed by atoms with Crippen LogP contribution < -0.4 is 22.1 Å². The molecule has 0 heterocycles. The zero-order chi connectivity index (χ0) is 15.9. The molecule has 2 amide bonds. The standard InChI is InChI=1S/C10H18N4O6/c1-4(13-3-7(16)17)8(10(19)20)14-9(18)5(11)2-6(12)15/h4-5,8,13H,2-3,11H2,1H3,(H2,12,15)(H,14,18)(H,16,17)(H,19,20)/t4-,5+,8+/m1/s1. The van der Waals surface area contributed by atoms with Crippen LogP contribution >= 0.6 is 0 Å². The van der Waals surface area contributed by atoms with Gasteiger partial charge in [0.2, 0.25) is 11.8 Å². The number of carbonyl (C=O) groups excluding carboxylic acids is 2. The number of hydrogen-bond donors (Lipinski definition) is 6. The lowest BCUT2D eigenvalue weighted by atomic mass is 10.1. The topological polar surface area (TPSA) is 185 Å². The number of amides is 2. The highest BCUT2D eigenvalue weighted by Crippen LogP contribution is 1.96. The van der Waals surface area contributed by atoms with Crippen LogP contribution in [0.2, 0.25) is 0 Å². The number of carboxylic acid groups (broad SMARTS) is 2. The number of carbonyl (C=O) groups is 4. The van der Waals surface area contributed by atoms with Crippen LogP contribution in [0.25, 0.3) is 0 Å². The molecule has 114 valence electrons. The first-order valence-corrected chi connectivity index (χ1v) is 5.67. The Bertz CT molecular complexity index is 399. The number of hydrogen-bond acceptors (Lipinski definition) is 6. The van der Waals surface area contributed by atoms with Crippen molar-refractivity contribution < 1.29 is 29.4 Å². The summed E-state index contributed by atoms with van der Waals surface area (Å²) >= 11 is 0. The van der Waals surface area contributed by atoms with E-state index in [0.717, 1.165) is 0 Å². The van der Waals surface area contributed by atoms with Crippen molar-refractivity contribution in [3.05, 3.63) is 0 Å². The molecule has 0 aromatic heterocycles. The van der Waals surface area contributed by atoms with Crippen LogP contribution in [0.1, 0.15) is 13.3 Å². The van der Waals surface area contributed by atoms with E-state index in [0.29, 0.717) is 0 Å². The van der Waals surface area contributed by atoms with Crippen LogP contribution in [0.3, 0.4) is 0 Å². The van der Waals surface area contributed by atoms with E-state index in [1.54, 1.807) is 0 Å². The predicted octanol–water partition coefficient (Wildman–Crippen LogP) is -3.18. The summed E-state index contributed by atoms with van der Waals surface area (Å²) in [7, 11) is 0. The fourth-order valence-corrected chi connectivity index (χ4v) is 1.34. The van der Waals surface area contributed by atoms with Crippen molar-refractivity contribution >= 4 is 23.8 Å². The monoisotopic (exact) mass is 290 g/mol. The van der Waals surface area contributed by atoms with Gasteiger partial charge in [-0.05, 0) is 6.92 Å². The van der Waals surface area contributed by atoms with Crippen molar-refractivity contribution in [2.45, 2.75) is 31.5 Å². The Hall–Kier alpha value is -2.20. The second-order valence-electron chi connectivity index (χ2n) is 4.16. The second-order valence-corrected chi connectivity index (χ2v) is 4.16. The molecule has 0 radical (unpaired) electrons. The summed E-state index contributed by atoms with van der Waals surface area (Å²) in [6, 6.07) is -3.50. The third kappa shape index (κ3) is 6.66. The highest BCUT2D eigenvalue weighted by atomic mass is 16.4. The number of aliphatic carboxylic acids is 2. The molecule has 10 nitrogen and oxygen atoms in total. The smallest absolute Gasteiger partial charge is 0.327 e. The van der Waals surface area contributed by atoms with Gasteiger partial charge in [0.15, 0.2) is 0 Å². The summed E-state index contributed by atoms with van der Waals surface area (Å²) in [6.45, 7) is 0.926. The Morgan fingerprint density at radius 3 is 2.15 bits per heavy atom. The van der Waals surface area contributed by atoms with Crippen LogP contribution in [-0.2, 0) is 19.2 Å². The van der Waals surface area contributed by atoms with Crippen LogP contribution in [0.15, 0.2) is 0 Å². The Labute approximate surface area is 114 Å². The minimum Gasteiger partial charge on any atom is -0.480 e. The number of carboxylic acids is 2. The molecule has 0 aromatic carbocycles. The predicted molar refractivity (Wildman–Crippen MR) is 66.5 cm³/mol. The Balaban J connectivity index is 4.61. The molecule has 0 aliphatic rings.